The highest BCUT2D eigenvalue weighted by Gasteiger charge is 2.30. The molecule has 0 amide bonds. The summed E-state index contributed by atoms with van der Waals surface area (Å²) in [6.45, 7) is 3.22. The molecule has 1 N–H and O–H groups in total. The Morgan fingerprint density at radius 1 is 1.00 bits per heavy atom. The fourth-order valence-electron chi connectivity index (χ4n) is 3.75. The second kappa shape index (κ2) is 11.9. The second-order valence-electron chi connectivity index (χ2n) is 8.32. The Hall–Kier alpha value is -2.87. The van der Waals surface area contributed by atoms with Crippen LogP contribution in [0.2, 0.25) is 0 Å². The normalized spacial score (nSPS) is 16.2. The number of carbonyl (C=O) groups is 1. The molecule has 1 saturated heterocycles. The highest BCUT2D eigenvalue weighted by atomic mass is 32.2. The molecule has 36 heavy (non-hydrogen) atoms. The van der Waals surface area contributed by atoms with Crippen molar-refractivity contribution in [3.63, 3.8) is 0 Å². The number of rotatable bonds is 11. The molecule has 0 aliphatic carbocycles. The molecule has 1 fully saturated rings. The Morgan fingerprint density at radius 2 is 1.67 bits per heavy atom. The lowest BCUT2D eigenvalue weighted by Crippen LogP contribution is -2.51. The third kappa shape index (κ3) is 8.08. The van der Waals surface area contributed by atoms with Crippen molar-refractivity contribution in [1.82, 2.24) is 9.21 Å². The number of benzene rings is 2. The van der Waals surface area contributed by atoms with E-state index in [0.717, 1.165) is 6.26 Å². The van der Waals surface area contributed by atoms with Crippen molar-refractivity contribution in [3.8, 4) is 11.5 Å². The van der Waals surface area contributed by atoms with Crippen LogP contribution in [-0.2, 0) is 29.6 Å². The van der Waals surface area contributed by atoms with Crippen LogP contribution in [0.15, 0.2) is 53.4 Å². The molecule has 1 atom stereocenters. The minimum Gasteiger partial charge on any atom is -0.497 e. The number of methoxy groups -OCH3 is 1. The van der Waals surface area contributed by atoms with Gasteiger partial charge in [0, 0.05) is 45.7 Å². The van der Waals surface area contributed by atoms with Gasteiger partial charge < -0.3 is 14.2 Å². The second-order valence-corrected chi connectivity index (χ2v) is 12.0. The van der Waals surface area contributed by atoms with Crippen molar-refractivity contribution < 1.29 is 35.8 Å². The molecule has 2 aromatic carbocycles. The van der Waals surface area contributed by atoms with Gasteiger partial charge in [0.1, 0.15) is 24.2 Å². The van der Waals surface area contributed by atoms with Crippen LogP contribution in [0, 0.1) is 0 Å². The minimum absolute atomic E-state index is 0.0479. The average molecular weight is 542 g/mol. The van der Waals surface area contributed by atoms with Crippen LogP contribution in [0.5, 0.6) is 11.5 Å². The molecule has 0 bridgehead atoms. The van der Waals surface area contributed by atoms with Crippen LogP contribution < -0.4 is 14.2 Å². The zero-order chi connectivity index (χ0) is 26.3. The smallest absolute Gasteiger partial charge is 0.303 e. The van der Waals surface area contributed by atoms with Crippen LogP contribution in [0.1, 0.15) is 6.92 Å². The third-order valence-corrected chi connectivity index (χ3v) is 7.92. The van der Waals surface area contributed by atoms with E-state index in [1.807, 2.05) is 4.90 Å². The summed E-state index contributed by atoms with van der Waals surface area (Å²) >= 11 is 0. The molecule has 0 aromatic heterocycles. The maximum absolute atomic E-state index is 13.0. The number of hydrogen-bond donors (Lipinski definition) is 1. The van der Waals surface area contributed by atoms with Crippen molar-refractivity contribution in [3.05, 3.63) is 48.5 Å². The van der Waals surface area contributed by atoms with Gasteiger partial charge in [0.15, 0.2) is 0 Å². The maximum Gasteiger partial charge on any atom is 0.303 e. The SMILES string of the molecule is COc1ccc(S(=O)(=O)N2CCN(C[C@@H](COc3cccc(NS(C)(=O)=O)c3)OC(C)=O)CC2)cc1. The van der Waals surface area contributed by atoms with Gasteiger partial charge in [-0.25, -0.2) is 16.8 Å². The van der Waals surface area contributed by atoms with E-state index in [1.165, 1.54) is 36.5 Å². The van der Waals surface area contributed by atoms with E-state index in [4.69, 9.17) is 14.2 Å². The number of sulfonamides is 2. The Kier molecular flexibility index (Phi) is 9.17. The summed E-state index contributed by atoms with van der Waals surface area (Å²) in [6, 6.07) is 12.7. The van der Waals surface area contributed by atoms with Gasteiger partial charge in [-0.2, -0.15) is 4.31 Å². The quantitative estimate of drug-likeness (QED) is 0.419. The number of piperazine rings is 1. The van der Waals surface area contributed by atoms with Crippen LogP contribution in [-0.4, -0.2) is 90.8 Å². The van der Waals surface area contributed by atoms with Crippen molar-refractivity contribution in [2.75, 3.05) is 57.4 Å². The molecule has 0 saturated carbocycles. The summed E-state index contributed by atoms with van der Waals surface area (Å²) in [5.74, 6) is 0.531. The summed E-state index contributed by atoms with van der Waals surface area (Å²) < 4.78 is 68.9. The highest BCUT2D eigenvalue weighted by Crippen LogP contribution is 2.22. The molecule has 1 aliphatic heterocycles. The van der Waals surface area contributed by atoms with Gasteiger partial charge in [0.2, 0.25) is 20.0 Å². The maximum atomic E-state index is 13.0. The Labute approximate surface area is 212 Å². The predicted molar refractivity (Wildman–Crippen MR) is 134 cm³/mol. The molecule has 0 radical (unpaired) electrons. The number of nitrogens with zero attached hydrogens (tertiary/aromatic N) is 2. The van der Waals surface area contributed by atoms with Gasteiger partial charge in [-0.05, 0) is 36.4 Å². The van der Waals surface area contributed by atoms with E-state index in [-0.39, 0.29) is 11.5 Å². The first-order valence-electron chi connectivity index (χ1n) is 11.2. The van der Waals surface area contributed by atoms with Crippen molar-refractivity contribution in [2.24, 2.45) is 0 Å². The summed E-state index contributed by atoms with van der Waals surface area (Å²) in [7, 11) is -5.54. The lowest BCUT2D eigenvalue weighted by Gasteiger charge is -2.35. The number of carbonyl (C=O) groups excluding carboxylic acids is 1. The van der Waals surface area contributed by atoms with Crippen molar-refractivity contribution >= 4 is 31.7 Å². The molecule has 1 aliphatic rings. The topological polar surface area (TPSA) is 132 Å². The van der Waals surface area contributed by atoms with Gasteiger partial charge in [0.05, 0.1) is 23.9 Å². The lowest BCUT2D eigenvalue weighted by molar-refractivity contribution is -0.149. The molecule has 0 unspecified atom stereocenters. The molecule has 11 nitrogen and oxygen atoms in total. The van der Waals surface area contributed by atoms with Gasteiger partial charge in [-0.1, -0.05) is 6.07 Å². The van der Waals surface area contributed by atoms with E-state index in [2.05, 4.69) is 4.72 Å². The lowest BCUT2D eigenvalue weighted by atomic mass is 10.3. The number of nitrogens with one attached hydrogen (secondary N) is 1. The van der Waals surface area contributed by atoms with Crippen LogP contribution in [0.25, 0.3) is 0 Å². The van der Waals surface area contributed by atoms with E-state index < -0.39 is 32.1 Å². The fraction of sp³-hybridized carbons (Fsp3) is 0.435. The number of ether oxygens (including phenoxy) is 3. The summed E-state index contributed by atoms with van der Waals surface area (Å²) in [4.78, 5) is 13.9. The molecule has 0 spiro atoms. The number of hydrogen-bond acceptors (Lipinski definition) is 9. The van der Waals surface area contributed by atoms with E-state index in [1.54, 1.807) is 30.3 Å². The van der Waals surface area contributed by atoms with Gasteiger partial charge in [-0.3, -0.25) is 14.4 Å². The molecule has 2 aromatic rings. The van der Waals surface area contributed by atoms with Crippen LogP contribution in [0.3, 0.4) is 0 Å². The van der Waals surface area contributed by atoms with Crippen molar-refractivity contribution in [1.29, 1.82) is 0 Å². The number of esters is 1. The van der Waals surface area contributed by atoms with Gasteiger partial charge >= 0.3 is 5.97 Å². The molecular formula is C23H31N3O8S2. The van der Waals surface area contributed by atoms with Crippen LogP contribution in [0.4, 0.5) is 5.69 Å². The Balaban J connectivity index is 1.57. The molecule has 3 rings (SSSR count). The Morgan fingerprint density at radius 3 is 2.25 bits per heavy atom. The molecular weight excluding hydrogens is 510 g/mol. The first-order valence-corrected chi connectivity index (χ1v) is 14.5. The van der Waals surface area contributed by atoms with Crippen LogP contribution >= 0.6 is 0 Å². The van der Waals surface area contributed by atoms with Gasteiger partial charge in [-0.15, -0.1) is 0 Å². The number of anilines is 1. The Bertz CT molecular complexity index is 1240. The minimum atomic E-state index is -3.63. The molecule has 198 valence electrons. The summed E-state index contributed by atoms with van der Waals surface area (Å²) in [6.07, 6.45) is 0.456. The first kappa shape index (κ1) is 27.7. The standard InChI is InChI=1S/C23H31N3O8S2/c1-18(27)34-22(17-33-21-6-4-5-19(15-21)24-35(3,28)29)16-25-11-13-26(14-12-25)36(30,31)23-9-7-20(32-2)8-10-23/h4-10,15,22,24H,11-14,16-17H2,1-3H3/t22-/m0/s1. The first-order chi connectivity index (χ1) is 17.0. The van der Waals surface area contributed by atoms with E-state index >= 15 is 0 Å². The van der Waals surface area contributed by atoms with Crippen molar-refractivity contribution in [2.45, 2.75) is 17.9 Å². The summed E-state index contributed by atoms with van der Waals surface area (Å²) in [5, 5.41) is 0. The monoisotopic (exact) mass is 541 g/mol. The average Bonchev–Trinajstić information content (AvgIpc) is 2.82. The largest absolute Gasteiger partial charge is 0.497 e. The molecule has 1 heterocycles. The zero-order valence-electron chi connectivity index (χ0n) is 20.4. The summed E-state index contributed by atoms with van der Waals surface area (Å²) in [5.41, 5.74) is 0.355. The zero-order valence-corrected chi connectivity index (χ0v) is 22.0. The highest BCUT2D eigenvalue weighted by molar-refractivity contribution is 7.92. The molecule has 13 heteroatoms. The van der Waals surface area contributed by atoms with E-state index in [9.17, 15) is 21.6 Å². The fourth-order valence-corrected chi connectivity index (χ4v) is 5.73. The van der Waals surface area contributed by atoms with Gasteiger partial charge in [0.25, 0.3) is 0 Å². The third-order valence-electron chi connectivity index (χ3n) is 5.40. The predicted octanol–water partition coefficient (Wildman–Crippen LogP) is 1.38. The van der Waals surface area contributed by atoms with E-state index in [0.29, 0.717) is 49.9 Å².